The molecule has 1 aliphatic heterocycles. The highest BCUT2D eigenvalue weighted by Gasteiger charge is 2.22. The van der Waals surface area contributed by atoms with Gasteiger partial charge in [0.15, 0.2) is 0 Å². The molecule has 1 N–H and O–H groups in total. The monoisotopic (exact) mass is 453 g/mol. The molecule has 2 aromatic rings. The van der Waals surface area contributed by atoms with Crippen molar-refractivity contribution in [1.29, 1.82) is 0 Å². The summed E-state index contributed by atoms with van der Waals surface area (Å²) in [5, 5.41) is 3.53. The Morgan fingerprint density at radius 2 is 1.75 bits per heavy atom. The van der Waals surface area contributed by atoms with E-state index in [-0.39, 0.29) is 11.8 Å². The summed E-state index contributed by atoms with van der Waals surface area (Å²) in [6.07, 6.45) is 4.80. The molecule has 2 amide bonds. The Hall–Kier alpha value is -2.79. The minimum Gasteiger partial charge on any atom is -0.366 e. The quantitative estimate of drug-likeness (QED) is 0.558. The van der Waals surface area contributed by atoms with E-state index in [4.69, 9.17) is 11.6 Å². The Bertz CT molecular complexity index is 962. The topological polar surface area (TPSA) is 52.7 Å². The third-order valence-electron chi connectivity index (χ3n) is 5.68. The van der Waals surface area contributed by atoms with Gasteiger partial charge in [0.2, 0.25) is 11.8 Å². The van der Waals surface area contributed by atoms with Crippen LogP contribution in [-0.2, 0) is 9.59 Å². The first-order chi connectivity index (χ1) is 15.4. The van der Waals surface area contributed by atoms with E-state index in [1.165, 1.54) is 11.6 Å². The molecule has 0 spiro atoms. The number of nitrogens with one attached hydrogen (secondary N) is 1. The number of hydrogen-bond donors (Lipinski definition) is 1. The summed E-state index contributed by atoms with van der Waals surface area (Å²) in [7, 11) is 0. The lowest BCUT2D eigenvalue weighted by Crippen LogP contribution is -2.48. The van der Waals surface area contributed by atoms with Crippen molar-refractivity contribution in [3.8, 4) is 0 Å². The van der Waals surface area contributed by atoms with Crippen LogP contribution in [0.15, 0.2) is 48.5 Å². The summed E-state index contributed by atoms with van der Waals surface area (Å²) in [4.78, 5) is 28.9. The van der Waals surface area contributed by atoms with Crippen LogP contribution in [0.2, 0.25) is 5.02 Å². The van der Waals surface area contributed by atoms with Gasteiger partial charge < -0.3 is 15.1 Å². The van der Waals surface area contributed by atoms with E-state index in [0.29, 0.717) is 36.1 Å². The van der Waals surface area contributed by atoms with Gasteiger partial charge in [-0.2, -0.15) is 0 Å². The highest BCUT2D eigenvalue weighted by Crippen LogP contribution is 2.30. The van der Waals surface area contributed by atoms with Crippen molar-refractivity contribution in [2.45, 2.75) is 39.5 Å². The Labute approximate surface area is 196 Å². The summed E-state index contributed by atoms with van der Waals surface area (Å²) in [6, 6.07) is 13.7. The fourth-order valence-corrected chi connectivity index (χ4v) is 3.96. The summed E-state index contributed by atoms with van der Waals surface area (Å²) in [6.45, 7) is 9.14. The number of hydrogen-bond acceptors (Lipinski definition) is 3. The molecule has 32 heavy (non-hydrogen) atoms. The standard InChI is InChI=1S/C26H32ClN3O2/c1-4-5-26(32)30-16-14-29(15-17-30)24-12-11-22(27)18-23(24)28-25(31)13-8-20-6-9-21(10-7-20)19(2)3/h6-13,18-19H,4-5,14-17H2,1-3H3,(H,28,31)/b13-8+. The molecule has 5 nitrogen and oxygen atoms in total. The van der Waals surface area contributed by atoms with Crippen LogP contribution in [-0.4, -0.2) is 42.9 Å². The molecule has 1 heterocycles. The maximum absolute atomic E-state index is 12.6. The van der Waals surface area contributed by atoms with Crippen LogP contribution in [0, 0.1) is 0 Å². The number of piperazine rings is 1. The van der Waals surface area contributed by atoms with E-state index in [2.05, 4.69) is 36.2 Å². The Balaban J connectivity index is 1.66. The molecule has 0 atom stereocenters. The minimum atomic E-state index is -0.210. The van der Waals surface area contributed by atoms with Crippen LogP contribution in [0.5, 0.6) is 0 Å². The number of halogens is 1. The van der Waals surface area contributed by atoms with E-state index < -0.39 is 0 Å². The van der Waals surface area contributed by atoms with E-state index in [1.54, 1.807) is 6.07 Å². The molecule has 0 unspecified atom stereocenters. The first kappa shape index (κ1) is 23.9. The van der Waals surface area contributed by atoms with Gasteiger partial charge in [0.25, 0.3) is 0 Å². The van der Waals surface area contributed by atoms with Crippen molar-refractivity contribution in [3.05, 3.63) is 64.7 Å². The predicted molar refractivity (Wildman–Crippen MR) is 133 cm³/mol. The van der Waals surface area contributed by atoms with Gasteiger partial charge in [-0.1, -0.05) is 56.6 Å². The second-order valence-electron chi connectivity index (χ2n) is 8.42. The Kier molecular flexibility index (Phi) is 8.34. The van der Waals surface area contributed by atoms with Crippen molar-refractivity contribution < 1.29 is 9.59 Å². The molecular weight excluding hydrogens is 422 g/mol. The average Bonchev–Trinajstić information content (AvgIpc) is 2.78. The zero-order valence-corrected chi connectivity index (χ0v) is 19.9. The van der Waals surface area contributed by atoms with Crippen LogP contribution in [0.25, 0.3) is 6.08 Å². The highest BCUT2D eigenvalue weighted by molar-refractivity contribution is 6.31. The molecule has 1 fully saturated rings. The van der Waals surface area contributed by atoms with Crippen LogP contribution in [0.3, 0.4) is 0 Å². The first-order valence-corrected chi connectivity index (χ1v) is 11.7. The van der Waals surface area contributed by atoms with Crippen LogP contribution < -0.4 is 10.2 Å². The van der Waals surface area contributed by atoms with Gasteiger partial charge >= 0.3 is 0 Å². The third kappa shape index (κ3) is 6.36. The second kappa shape index (κ2) is 11.2. The molecule has 0 radical (unpaired) electrons. The zero-order valence-electron chi connectivity index (χ0n) is 19.1. The van der Waals surface area contributed by atoms with E-state index in [1.807, 2.05) is 42.2 Å². The van der Waals surface area contributed by atoms with Crippen molar-refractivity contribution >= 4 is 40.9 Å². The predicted octanol–water partition coefficient (Wildman–Crippen LogP) is 5.56. The van der Waals surface area contributed by atoms with E-state index >= 15 is 0 Å². The van der Waals surface area contributed by atoms with Crippen molar-refractivity contribution in [2.24, 2.45) is 0 Å². The largest absolute Gasteiger partial charge is 0.366 e. The molecule has 1 saturated heterocycles. The summed E-state index contributed by atoms with van der Waals surface area (Å²) < 4.78 is 0. The van der Waals surface area contributed by atoms with E-state index in [0.717, 1.165) is 30.8 Å². The van der Waals surface area contributed by atoms with Gasteiger partial charge in [0, 0.05) is 43.7 Å². The summed E-state index contributed by atoms with van der Waals surface area (Å²) in [5.41, 5.74) is 3.84. The van der Waals surface area contributed by atoms with Gasteiger partial charge in [0.05, 0.1) is 11.4 Å². The lowest BCUT2D eigenvalue weighted by Gasteiger charge is -2.37. The molecule has 0 saturated carbocycles. The number of carbonyl (C=O) groups excluding carboxylic acids is 2. The van der Waals surface area contributed by atoms with Crippen molar-refractivity contribution in [3.63, 3.8) is 0 Å². The minimum absolute atomic E-state index is 0.210. The molecule has 3 rings (SSSR count). The number of rotatable bonds is 7. The van der Waals surface area contributed by atoms with Gasteiger partial charge in [-0.3, -0.25) is 9.59 Å². The van der Waals surface area contributed by atoms with Gasteiger partial charge in [0.1, 0.15) is 0 Å². The SMILES string of the molecule is CCCC(=O)N1CCN(c2ccc(Cl)cc2NC(=O)/C=C/c2ccc(C(C)C)cc2)CC1. The molecule has 1 aliphatic rings. The van der Waals surface area contributed by atoms with Crippen LogP contribution in [0.4, 0.5) is 11.4 Å². The number of carbonyl (C=O) groups is 2. The van der Waals surface area contributed by atoms with Crippen molar-refractivity contribution in [1.82, 2.24) is 4.90 Å². The average molecular weight is 454 g/mol. The number of nitrogens with zero attached hydrogens (tertiary/aromatic N) is 2. The number of amides is 2. The number of anilines is 2. The first-order valence-electron chi connectivity index (χ1n) is 11.3. The van der Waals surface area contributed by atoms with Crippen LogP contribution in [0.1, 0.15) is 50.7 Å². The van der Waals surface area contributed by atoms with Gasteiger partial charge in [-0.15, -0.1) is 0 Å². The second-order valence-corrected chi connectivity index (χ2v) is 8.86. The van der Waals surface area contributed by atoms with Crippen LogP contribution >= 0.6 is 11.6 Å². The lowest BCUT2D eigenvalue weighted by atomic mass is 10.0. The normalized spacial score (nSPS) is 14.3. The third-order valence-corrected chi connectivity index (χ3v) is 5.92. The van der Waals surface area contributed by atoms with Gasteiger partial charge in [-0.25, -0.2) is 0 Å². The lowest BCUT2D eigenvalue weighted by molar-refractivity contribution is -0.131. The molecule has 170 valence electrons. The number of benzene rings is 2. The highest BCUT2D eigenvalue weighted by atomic mass is 35.5. The Morgan fingerprint density at radius 3 is 2.38 bits per heavy atom. The van der Waals surface area contributed by atoms with Gasteiger partial charge in [-0.05, 0) is 47.7 Å². The summed E-state index contributed by atoms with van der Waals surface area (Å²) in [5.74, 6) is 0.478. The molecule has 2 aromatic carbocycles. The fourth-order valence-electron chi connectivity index (χ4n) is 3.79. The molecule has 6 heteroatoms. The molecule has 0 aromatic heterocycles. The fraction of sp³-hybridized carbons (Fsp3) is 0.385. The maximum atomic E-state index is 12.6. The summed E-state index contributed by atoms with van der Waals surface area (Å²) >= 11 is 6.21. The Morgan fingerprint density at radius 1 is 1.06 bits per heavy atom. The van der Waals surface area contributed by atoms with Crippen molar-refractivity contribution in [2.75, 3.05) is 36.4 Å². The molecular formula is C26H32ClN3O2. The molecule has 0 aliphatic carbocycles. The van der Waals surface area contributed by atoms with E-state index in [9.17, 15) is 9.59 Å². The smallest absolute Gasteiger partial charge is 0.248 e. The molecule has 0 bridgehead atoms. The maximum Gasteiger partial charge on any atom is 0.248 e. The zero-order chi connectivity index (χ0) is 23.1.